The predicted molar refractivity (Wildman–Crippen MR) is 107 cm³/mol. The molecule has 2 N–H and O–H groups in total. The van der Waals surface area contributed by atoms with Crippen LogP contribution in [0.15, 0.2) is 24.8 Å². The Hall–Kier alpha value is -1.64. The third-order valence-corrected chi connectivity index (χ3v) is 2.99. The van der Waals surface area contributed by atoms with E-state index in [0.29, 0.717) is 0 Å². The lowest BCUT2D eigenvalue weighted by molar-refractivity contribution is 0.382. The Morgan fingerprint density at radius 1 is 0.875 bits per heavy atom. The van der Waals surface area contributed by atoms with Gasteiger partial charge in [-0.3, -0.25) is 0 Å². The van der Waals surface area contributed by atoms with E-state index in [2.05, 4.69) is 71.9 Å². The summed E-state index contributed by atoms with van der Waals surface area (Å²) >= 11 is 6.19. The molecule has 0 aliphatic carbocycles. The molecule has 0 unspecified atom stereocenters. The lowest BCUT2D eigenvalue weighted by Gasteiger charge is -2.12. The van der Waals surface area contributed by atoms with Gasteiger partial charge in [0.25, 0.3) is 0 Å². The first kappa shape index (κ1) is 24.6. The Balaban J connectivity index is 0. The van der Waals surface area contributed by atoms with Crippen LogP contribution in [-0.2, 0) is 0 Å². The summed E-state index contributed by atoms with van der Waals surface area (Å²) in [7, 11) is 0. The Kier molecular flexibility index (Phi) is 21.9. The highest BCUT2D eigenvalue weighted by atomic mass is 32.1. The normalized spacial score (nSPS) is 12.9. The van der Waals surface area contributed by atoms with E-state index in [1.165, 1.54) is 49.6 Å². The maximum atomic E-state index is 7.18. The minimum absolute atomic E-state index is 1.00. The van der Waals surface area contributed by atoms with Crippen LogP contribution in [0.5, 0.6) is 0 Å². The third-order valence-electron chi connectivity index (χ3n) is 2.99. The maximum Gasteiger partial charge on any atom is 0.130 e. The summed E-state index contributed by atoms with van der Waals surface area (Å²) in [5.41, 5.74) is 0. The van der Waals surface area contributed by atoms with Gasteiger partial charge in [-0.1, -0.05) is 51.9 Å². The predicted octanol–water partition coefficient (Wildman–Crippen LogP) is 3.04. The van der Waals surface area contributed by atoms with E-state index in [9.17, 15) is 0 Å². The first-order valence-corrected chi connectivity index (χ1v) is 8.94. The van der Waals surface area contributed by atoms with Crippen molar-refractivity contribution in [2.24, 2.45) is 0 Å². The number of nitriles is 2. The van der Waals surface area contributed by atoms with Crippen molar-refractivity contribution < 1.29 is 0 Å². The fraction of sp³-hybridized carbons (Fsp3) is 0.625. The molecular formula is C16H30N6S2. The second-order valence-corrected chi connectivity index (χ2v) is 5.29. The molecule has 0 aromatic rings. The number of thiol groups is 2. The van der Waals surface area contributed by atoms with Gasteiger partial charge in [0.05, 0.1) is 13.3 Å². The first-order chi connectivity index (χ1) is 11.7. The van der Waals surface area contributed by atoms with E-state index in [1.54, 1.807) is 0 Å². The van der Waals surface area contributed by atoms with Gasteiger partial charge in [0.2, 0.25) is 0 Å². The number of thiocyanates is 2. The topological polar surface area (TPSA) is 78.1 Å². The Morgan fingerprint density at radius 3 is 1.42 bits per heavy atom. The van der Waals surface area contributed by atoms with Crippen LogP contribution < -0.4 is 10.6 Å². The Morgan fingerprint density at radius 2 is 1.21 bits per heavy atom. The first-order valence-electron chi connectivity index (χ1n) is 8.04. The van der Waals surface area contributed by atoms with Crippen molar-refractivity contribution in [1.29, 1.82) is 10.5 Å². The molecule has 2 heterocycles. The second-order valence-electron chi connectivity index (χ2n) is 4.89. The standard InChI is InChI=1S/2C7H14N2.2CHNS/c2*1-2-3-5-9-6-4-8-7-9;2*2-1-3/h2*4,6,8H,2-3,5,7H2,1H3;2*3H. The molecule has 0 amide bonds. The van der Waals surface area contributed by atoms with Crippen LogP contribution in [0, 0.1) is 21.3 Å². The molecule has 0 spiro atoms. The summed E-state index contributed by atoms with van der Waals surface area (Å²) < 4.78 is 0. The molecule has 0 saturated carbocycles. The lowest BCUT2D eigenvalue weighted by Crippen LogP contribution is -2.21. The van der Waals surface area contributed by atoms with Gasteiger partial charge < -0.3 is 20.4 Å². The summed E-state index contributed by atoms with van der Waals surface area (Å²) in [4.78, 5) is 4.56. The molecule has 0 aromatic carbocycles. The summed E-state index contributed by atoms with van der Waals surface area (Å²) in [5, 5.41) is 23.5. The fourth-order valence-corrected chi connectivity index (χ4v) is 1.79. The minimum Gasteiger partial charge on any atom is -0.373 e. The molecule has 8 heteroatoms. The van der Waals surface area contributed by atoms with Crippen LogP contribution >= 0.6 is 25.3 Å². The molecule has 0 bridgehead atoms. The zero-order chi connectivity index (χ0) is 18.5. The number of nitrogens with zero attached hydrogens (tertiary/aromatic N) is 4. The maximum absolute atomic E-state index is 7.18. The summed E-state index contributed by atoms with van der Waals surface area (Å²) in [6.45, 7) is 8.82. The summed E-state index contributed by atoms with van der Waals surface area (Å²) in [5.74, 6) is 0. The van der Waals surface area contributed by atoms with E-state index >= 15 is 0 Å². The van der Waals surface area contributed by atoms with Gasteiger partial charge >= 0.3 is 0 Å². The number of rotatable bonds is 6. The summed E-state index contributed by atoms with van der Waals surface area (Å²) in [6, 6.07) is 0. The van der Waals surface area contributed by atoms with Crippen LogP contribution in [0.3, 0.4) is 0 Å². The smallest absolute Gasteiger partial charge is 0.130 e. The van der Waals surface area contributed by atoms with E-state index in [0.717, 1.165) is 13.3 Å². The molecular weight excluding hydrogens is 340 g/mol. The van der Waals surface area contributed by atoms with Crippen LogP contribution in [0.1, 0.15) is 39.5 Å². The molecule has 24 heavy (non-hydrogen) atoms. The van der Waals surface area contributed by atoms with E-state index in [1.807, 2.05) is 12.4 Å². The Labute approximate surface area is 158 Å². The molecule has 0 aromatic heterocycles. The highest BCUT2D eigenvalue weighted by Gasteiger charge is 2.00. The van der Waals surface area contributed by atoms with Gasteiger partial charge in [0.1, 0.15) is 10.8 Å². The van der Waals surface area contributed by atoms with Crippen LogP contribution in [0.4, 0.5) is 0 Å². The van der Waals surface area contributed by atoms with E-state index < -0.39 is 0 Å². The highest BCUT2D eigenvalue weighted by molar-refractivity contribution is 7.85. The van der Waals surface area contributed by atoms with Crippen molar-refractivity contribution in [3.63, 3.8) is 0 Å². The minimum atomic E-state index is 1.00. The van der Waals surface area contributed by atoms with Crippen molar-refractivity contribution in [3.8, 4) is 10.8 Å². The van der Waals surface area contributed by atoms with Gasteiger partial charge in [0.15, 0.2) is 0 Å². The average molecular weight is 371 g/mol. The molecule has 2 rings (SSSR count). The van der Waals surface area contributed by atoms with Crippen LogP contribution in [0.25, 0.3) is 0 Å². The molecule has 0 saturated heterocycles. The van der Waals surface area contributed by atoms with Crippen molar-refractivity contribution in [1.82, 2.24) is 20.4 Å². The Bertz CT molecular complexity index is 362. The summed E-state index contributed by atoms with van der Waals surface area (Å²) in [6.07, 6.45) is 13.4. The van der Waals surface area contributed by atoms with Gasteiger partial charge in [-0.2, -0.15) is 10.5 Å². The monoisotopic (exact) mass is 370 g/mol. The molecule has 2 aliphatic rings. The van der Waals surface area contributed by atoms with E-state index in [-0.39, 0.29) is 0 Å². The molecule has 0 atom stereocenters. The molecule has 0 radical (unpaired) electrons. The number of hydrogen-bond acceptors (Lipinski definition) is 8. The number of hydrogen-bond donors (Lipinski definition) is 4. The van der Waals surface area contributed by atoms with Crippen LogP contribution in [-0.4, -0.2) is 36.2 Å². The van der Waals surface area contributed by atoms with Crippen molar-refractivity contribution in [3.05, 3.63) is 24.8 Å². The highest BCUT2D eigenvalue weighted by Crippen LogP contribution is 1.98. The van der Waals surface area contributed by atoms with Crippen molar-refractivity contribution in [2.75, 3.05) is 26.4 Å². The van der Waals surface area contributed by atoms with Gasteiger partial charge in [0, 0.05) is 37.9 Å². The van der Waals surface area contributed by atoms with Crippen LogP contribution in [0.2, 0.25) is 0 Å². The molecule has 0 fully saturated rings. The van der Waals surface area contributed by atoms with Gasteiger partial charge in [-0.25, -0.2) is 0 Å². The quantitative estimate of drug-likeness (QED) is 0.425. The number of nitrogens with one attached hydrogen (secondary N) is 2. The zero-order valence-corrected chi connectivity index (χ0v) is 16.4. The second kappa shape index (κ2) is 21.4. The largest absolute Gasteiger partial charge is 0.373 e. The van der Waals surface area contributed by atoms with Crippen molar-refractivity contribution in [2.45, 2.75) is 39.5 Å². The molecule has 136 valence electrons. The molecule has 2 aliphatic heterocycles. The average Bonchev–Trinajstić information content (AvgIpc) is 3.27. The molecule has 6 nitrogen and oxygen atoms in total. The third kappa shape index (κ3) is 18.4. The number of unbranched alkanes of at least 4 members (excludes halogenated alkanes) is 2. The fourth-order valence-electron chi connectivity index (χ4n) is 1.79. The SMILES string of the molecule is CCCCN1C=CNC1.CCCCN1C=CNC1.N#CS.N#CS. The van der Waals surface area contributed by atoms with Crippen molar-refractivity contribution >= 4 is 25.3 Å². The zero-order valence-electron chi connectivity index (χ0n) is 14.6. The van der Waals surface area contributed by atoms with E-state index in [4.69, 9.17) is 10.5 Å². The lowest BCUT2D eigenvalue weighted by atomic mass is 10.3. The van der Waals surface area contributed by atoms with Gasteiger partial charge in [-0.15, -0.1) is 0 Å². The van der Waals surface area contributed by atoms with Gasteiger partial charge in [-0.05, 0) is 12.8 Å².